The molecule has 0 aromatic carbocycles. The molecule has 0 atom stereocenters. The molecule has 6 heteroatoms. The van der Waals surface area contributed by atoms with Gasteiger partial charge in [-0.3, -0.25) is 0 Å². The summed E-state index contributed by atoms with van der Waals surface area (Å²) in [5, 5.41) is 0.884. The molecule has 1 aromatic rings. The lowest BCUT2D eigenvalue weighted by molar-refractivity contribution is 0.0836. The number of aromatic nitrogens is 2. The van der Waals surface area contributed by atoms with Gasteiger partial charge in [-0.2, -0.15) is 0 Å². The Morgan fingerprint density at radius 1 is 1.13 bits per heavy atom. The topological polar surface area (TPSA) is 35.0 Å². The van der Waals surface area contributed by atoms with Gasteiger partial charge in [-0.15, -0.1) is 0 Å². The van der Waals surface area contributed by atoms with Crippen LogP contribution < -0.4 is 0 Å². The molecule has 82 valence electrons. The van der Waals surface area contributed by atoms with Gasteiger partial charge in [0.05, 0.1) is 3.57 Å². The van der Waals surface area contributed by atoms with E-state index in [1.54, 1.807) is 0 Å². The fraction of sp³-hybridized carbons (Fsp3) is 0.556. The summed E-state index contributed by atoms with van der Waals surface area (Å²) in [6, 6.07) is 0. The van der Waals surface area contributed by atoms with Crippen molar-refractivity contribution in [3.05, 3.63) is 19.7 Å². The summed E-state index contributed by atoms with van der Waals surface area (Å²) < 4.78 is 6.00. The molecule has 3 nitrogen and oxygen atoms in total. The van der Waals surface area contributed by atoms with E-state index in [1.165, 1.54) is 0 Å². The maximum atomic E-state index is 5.96. The summed E-state index contributed by atoms with van der Waals surface area (Å²) in [6.07, 6.45) is 1.88. The Bertz CT molecular complexity index is 346. The smallest absolute Gasteiger partial charge is 0.147 e. The van der Waals surface area contributed by atoms with Crippen LogP contribution in [0.15, 0.2) is 0 Å². The third-order valence-corrected chi connectivity index (χ3v) is 4.58. The molecule has 1 aromatic heterocycles. The van der Waals surface area contributed by atoms with Gasteiger partial charge in [-0.05, 0) is 35.4 Å². The van der Waals surface area contributed by atoms with Crippen LogP contribution in [0, 0.1) is 3.57 Å². The lowest BCUT2D eigenvalue weighted by Gasteiger charge is -2.20. The van der Waals surface area contributed by atoms with Crippen LogP contribution in [0.1, 0.15) is 24.6 Å². The Balaban J connectivity index is 2.27. The van der Waals surface area contributed by atoms with Crippen LogP contribution in [0.3, 0.4) is 0 Å². The fourth-order valence-electron chi connectivity index (χ4n) is 1.55. The minimum absolute atomic E-state index is 0.325. The average molecular weight is 359 g/mol. The standard InChI is InChI=1S/C9H9Cl2IN2O/c10-7-6(12)8(11)14-9(13-7)5-1-3-15-4-2-5/h5H,1-4H2. The maximum Gasteiger partial charge on any atom is 0.147 e. The fourth-order valence-corrected chi connectivity index (χ4v) is 2.19. The van der Waals surface area contributed by atoms with Crippen molar-refractivity contribution >= 4 is 45.8 Å². The Labute approximate surface area is 112 Å². The predicted octanol–water partition coefficient (Wildman–Crippen LogP) is 3.28. The van der Waals surface area contributed by atoms with Crippen LogP contribution >= 0.6 is 45.8 Å². The number of nitrogens with zero attached hydrogens (tertiary/aromatic N) is 2. The van der Waals surface area contributed by atoms with Crippen molar-refractivity contribution in [3.63, 3.8) is 0 Å². The quantitative estimate of drug-likeness (QED) is 0.570. The highest BCUT2D eigenvalue weighted by atomic mass is 127. The van der Waals surface area contributed by atoms with Crippen molar-refractivity contribution in [2.24, 2.45) is 0 Å². The van der Waals surface area contributed by atoms with Gasteiger partial charge in [0, 0.05) is 19.1 Å². The van der Waals surface area contributed by atoms with Crippen molar-refractivity contribution in [3.8, 4) is 0 Å². The van der Waals surface area contributed by atoms with Gasteiger partial charge in [0.15, 0.2) is 0 Å². The largest absolute Gasteiger partial charge is 0.381 e. The first-order chi connectivity index (χ1) is 7.18. The minimum Gasteiger partial charge on any atom is -0.381 e. The molecule has 0 unspecified atom stereocenters. The van der Waals surface area contributed by atoms with Crippen LogP contribution in [-0.4, -0.2) is 23.2 Å². The van der Waals surface area contributed by atoms with Gasteiger partial charge >= 0.3 is 0 Å². The Kier molecular flexibility index (Phi) is 4.04. The Hall–Kier alpha value is 0.350. The molecule has 15 heavy (non-hydrogen) atoms. The average Bonchev–Trinajstić information content (AvgIpc) is 2.26. The van der Waals surface area contributed by atoms with Crippen LogP contribution in [-0.2, 0) is 4.74 Å². The van der Waals surface area contributed by atoms with Gasteiger partial charge in [0.25, 0.3) is 0 Å². The zero-order valence-electron chi connectivity index (χ0n) is 7.84. The molecule has 0 amide bonds. The number of hydrogen-bond acceptors (Lipinski definition) is 3. The second-order valence-corrected chi connectivity index (χ2v) is 5.16. The van der Waals surface area contributed by atoms with Gasteiger partial charge in [-0.25, -0.2) is 9.97 Å². The number of rotatable bonds is 1. The lowest BCUT2D eigenvalue weighted by Crippen LogP contribution is -2.16. The van der Waals surface area contributed by atoms with Gasteiger partial charge in [0.2, 0.25) is 0 Å². The van der Waals surface area contributed by atoms with Gasteiger partial charge in [-0.1, -0.05) is 23.2 Å². The first-order valence-electron chi connectivity index (χ1n) is 4.64. The van der Waals surface area contributed by atoms with Crippen LogP contribution in [0.2, 0.25) is 10.3 Å². The van der Waals surface area contributed by atoms with Crippen molar-refractivity contribution in [1.29, 1.82) is 0 Å². The van der Waals surface area contributed by atoms with Gasteiger partial charge in [0.1, 0.15) is 16.1 Å². The highest BCUT2D eigenvalue weighted by molar-refractivity contribution is 14.1. The second-order valence-electron chi connectivity index (χ2n) is 3.36. The summed E-state index contributed by atoms with van der Waals surface area (Å²) in [5.41, 5.74) is 0. The zero-order valence-corrected chi connectivity index (χ0v) is 11.5. The van der Waals surface area contributed by atoms with E-state index in [0.29, 0.717) is 19.8 Å². The van der Waals surface area contributed by atoms with Crippen molar-refractivity contribution < 1.29 is 4.74 Å². The lowest BCUT2D eigenvalue weighted by atomic mass is 10.00. The Morgan fingerprint density at radius 3 is 2.20 bits per heavy atom. The summed E-state index contributed by atoms with van der Waals surface area (Å²) in [7, 11) is 0. The molecule has 1 aliphatic rings. The van der Waals surface area contributed by atoms with Crippen molar-refractivity contribution in [2.45, 2.75) is 18.8 Å². The van der Waals surface area contributed by atoms with Crippen molar-refractivity contribution in [1.82, 2.24) is 9.97 Å². The van der Waals surface area contributed by atoms with Crippen LogP contribution in [0.5, 0.6) is 0 Å². The van der Waals surface area contributed by atoms with Crippen molar-refractivity contribution in [2.75, 3.05) is 13.2 Å². The van der Waals surface area contributed by atoms with E-state index >= 15 is 0 Å². The summed E-state index contributed by atoms with van der Waals surface area (Å²) in [5.74, 6) is 1.07. The second kappa shape index (κ2) is 5.12. The first-order valence-corrected chi connectivity index (χ1v) is 6.48. The highest BCUT2D eigenvalue weighted by Crippen LogP contribution is 2.29. The molecule has 0 bridgehead atoms. The normalized spacial score (nSPS) is 18.1. The van der Waals surface area contributed by atoms with E-state index in [0.717, 1.165) is 31.9 Å². The highest BCUT2D eigenvalue weighted by Gasteiger charge is 2.20. The molecule has 2 heterocycles. The monoisotopic (exact) mass is 358 g/mol. The van der Waals surface area contributed by atoms with E-state index in [1.807, 2.05) is 22.6 Å². The van der Waals surface area contributed by atoms with E-state index in [4.69, 9.17) is 27.9 Å². The summed E-state index contributed by atoms with van der Waals surface area (Å²) >= 11 is 14.0. The molecule has 0 spiro atoms. The van der Waals surface area contributed by atoms with Crippen LogP contribution in [0.25, 0.3) is 0 Å². The van der Waals surface area contributed by atoms with Crippen LogP contribution in [0.4, 0.5) is 0 Å². The SMILES string of the molecule is Clc1nc(C2CCOCC2)nc(Cl)c1I. The number of halogens is 3. The molecule has 1 fully saturated rings. The van der Waals surface area contributed by atoms with E-state index < -0.39 is 0 Å². The molecule has 1 saturated heterocycles. The third kappa shape index (κ3) is 2.72. The van der Waals surface area contributed by atoms with E-state index in [9.17, 15) is 0 Å². The molecule has 0 saturated carbocycles. The molecule has 0 aliphatic carbocycles. The number of hydrogen-bond donors (Lipinski definition) is 0. The maximum absolute atomic E-state index is 5.96. The number of ether oxygens (including phenoxy) is 1. The molecule has 0 radical (unpaired) electrons. The summed E-state index contributed by atoms with van der Waals surface area (Å²) in [6.45, 7) is 1.52. The third-order valence-electron chi connectivity index (χ3n) is 2.37. The molecular formula is C9H9Cl2IN2O. The van der Waals surface area contributed by atoms with E-state index in [2.05, 4.69) is 9.97 Å². The molecule has 1 aliphatic heterocycles. The Morgan fingerprint density at radius 2 is 1.67 bits per heavy atom. The molecule has 0 N–H and O–H groups in total. The first kappa shape index (κ1) is 11.8. The molecule has 2 rings (SSSR count). The molecular weight excluding hydrogens is 350 g/mol. The minimum atomic E-state index is 0.325. The summed E-state index contributed by atoms with van der Waals surface area (Å²) in [4.78, 5) is 8.53. The van der Waals surface area contributed by atoms with Gasteiger partial charge < -0.3 is 4.74 Å². The predicted molar refractivity (Wildman–Crippen MR) is 67.6 cm³/mol. The zero-order chi connectivity index (χ0) is 10.8. The van der Waals surface area contributed by atoms with E-state index in [-0.39, 0.29) is 0 Å².